The van der Waals surface area contributed by atoms with Crippen molar-refractivity contribution in [2.45, 2.75) is 49.3 Å². The van der Waals surface area contributed by atoms with Gasteiger partial charge in [-0.05, 0) is 45.3 Å². The third-order valence-corrected chi connectivity index (χ3v) is 4.91. The highest BCUT2D eigenvalue weighted by molar-refractivity contribution is 7.86. The van der Waals surface area contributed by atoms with Gasteiger partial charge in [0.25, 0.3) is 0 Å². The average Bonchev–Trinajstić information content (AvgIpc) is 2.57. The van der Waals surface area contributed by atoms with Gasteiger partial charge in [0.15, 0.2) is 10.8 Å². The van der Waals surface area contributed by atoms with Crippen LogP contribution in [0.1, 0.15) is 27.7 Å². The lowest BCUT2D eigenvalue weighted by atomic mass is 9.79. The van der Waals surface area contributed by atoms with Crippen molar-refractivity contribution in [3.8, 4) is 0 Å². The molecule has 0 radical (unpaired) electrons. The van der Waals surface area contributed by atoms with Gasteiger partial charge in [-0.15, -0.1) is 0 Å². The van der Waals surface area contributed by atoms with E-state index in [1.165, 1.54) is 18.2 Å². The SMILES string of the molecule is CC1(C)OB(c2cccc(S(=O)C(F)(F)F)c2)OC1(C)C. The average molecular weight is 320 g/mol. The molecular weight excluding hydrogens is 304 g/mol. The van der Waals surface area contributed by atoms with Crippen molar-refractivity contribution in [2.75, 3.05) is 0 Å². The van der Waals surface area contributed by atoms with Crippen molar-refractivity contribution in [3.63, 3.8) is 0 Å². The third kappa shape index (κ3) is 3.17. The Bertz CT molecular complexity index is 556. The summed E-state index contributed by atoms with van der Waals surface area (Å²) < 4.78 is 60.5. The van der Waals surface area contributed by atoms with Gasteiger partial charge in [-0.1, -0.05) is 12.1 Å². The predicted octanol–water partition coefficient (Wildman–Crippen LogP) is 2.61. The maximum absolute atomic E-state index is 12.5. The van der Waals surface area contributed by atoms with Crippen molar-refractivity contribution in [2.24, 2.45) is 0 Å². The predicted molar refractivity (Wildman–Crippen MR) is 74.6 cm³/mol. The summed E-state index contributed by atoms with van der Waals surface area (Å²) >= 11 is 0. The summed E-state index contributed by atoms with van der Waals surface area (Å²) in [6.45, 7) is 7.41. The summed E-state index contributed by atoms with van der Waals surface area (Å²) in [7, 11) is -3.84. The fourth-order valence-corrected chi connectivity index (χ4v) is 2.60. The van der Waals surface area contributed by atoms with Crippen molar-refractivity contribution in [1.82, 2.24) is 0 Å². The van der Waals surface area contributed by atoms with Crippen LogP contribution in [0.15, 0.2) is 29.2 Å². The molecule has 1 saturated heterocycles. The molecule has 1 aromatic rings. The molecule has 21 heavy (non-hydrogen) atoms. The Morgan fingerprint density at radius 2 is 1.62 bits per heavy atom. The molecule has 1 heterocycles. The van der Waals surface area contributed by atoms with Crippen LogP contribution in [0.25, 0.3) is 0 Å². The van der Waals surface area contributed by atoms with E-state index in [9.17, 15) is 17.4 Å². The third-order valence-electron chi connectivity index (χ3n) is 3.81. The molecule has 8 heteroatoms. The Morgan fingerprint density at radius 3 is 2.10 bits per heavy atom. The minimum Gasteiger partial charge on any atom is -0.399 e. The highest BCUT2D eigenvalue weighted by atomic mass is 32.2. The Kier molecular flexibility index (Phi) is 4.01. The lowest BCUT2D eigenvalue weighted by Gasteiger charge is -2.32. The van der Waals surface area contributed by atoms with Crippen LogP contribution < -0.4 is 5.46 Å². The first kappa shape index (κ1) is 16.5. The van der Waals surface area contributed by atoms with Crippen molar-refractivity contribution >= 4 is 23.4 Å². The van der Waals surface area contributed by atoms with Crippen LogP contribution in [0, 0.1) is 0 Å². The lowest BCUT2D eigenvalue weighted by Crippen LogP contribution is -2.41. The number of benzene rings is 1. The van der Waals surface area contributed by atoms with Gasteiger partial charge < -0.3 is 9.31 Å². The van der Waals surface area contributed by atoms with Gasteiger partial charge in [0.05, 0.1) is 11.2 Å². The number of halogens is 3. The number of hydrogen-bond acceptors (Lipinski definition) is 3. The number of alkyl halides is 3. The van der Waals surface area contributed by atoms with Gasteiger partial charge in [-0.25, -0.2) is 4.21 Å². The van der Waals surface area contributed by atoms with Gasteiger partial charge >= 0.3 is 12.6 Å². The quantitative estimate of drug-likeness (QED) is 0.786. The summed E-state index contributed by atoms with van der Waals surface area (Å²) in [5, 5.41) is 0. The van der Waals surface area contributed by atoms with Crippen LogP contribution in [0.3, 0.4) is 0 Å². The monoisotopic (exact) mass is 320 g/mol. The first-order valence-electron chi connectivity index (χ1n) is 6.38. The Morgan fingerprint density at radius 1 is 1.10 bits per heavy atom. The van der Waals surface area contributed by atoms with Crippen LogP contribution in [-0.4, -0.2) is 28.0 Å². The maximum atomic E-state index is 12.5. The van der Waals surface area contributed by atoms with E-state index in [1.807, 2.05) is 27.7 Å². The summed E-state index contributed by atoms with van der Waals surface area (Å²) in [5.41, 5.74) is -5.54. The van der Waals surface area contributed by atoms with Crippen molar-refractivity contribution < 1.29 is 26.7 Å². The number of hydrogen-bond donors (Lipinski definition) is 0. The highest BCUT2D eigenvalue weighted by Crippen LogP contribution is 2.36. The molecule has 116 valence electrons. The summed E-state index contributed by atoms with van der Waals surface area (Å²) in [6.07, 6.45) is 0. The van der Waals surface area contributed by atoms with Crippen molar-refractivity contribution in [1.29, 1.82) is 0 Å². The molecule has 0 amide bonds. The molecular formula is C13H16BF3O3S. The van der Waals surface area contributed by atoms with Crippen LogP contribution in [-0.2, 0) is 20.1 Å². The second kappa shape index (κ2) is 5.10. The van der Waals surface area contributed by atoms with Crippen molar-refractivity contribution in [3.05, 3.63) is 24.3 Å². The van der Waals surface area contributed by atoms with E-state index >= 15 is 0 Å². The van der Waals surface area contributed by atoms with E-state index in [4.69, 9.17) is 9.31 Å². The molecule has 2 rings (SSSR count). The van der Waals surface area contributed by atoms with E-state index < -0.39 is 34.6 Å². The fraction of sp³-hybridized carbons (Fsp3) is 0.538. The molecule has 1 aromatic carbocycles. The minimum atomic E-state index is -4.78. The summed E-state index contributed by atoms with van der Waals surface area (Å²) in [5.74, 6) is 0. The van der Waals surface area contributed by atoms with Crippen LogP contribution >= 0.6 is 0 Å². The first-order valence-corrected chi connectivity index (χ1v) is 7.53. The molecule has 1 aliphatic heterocycles. The van der Waals surface area contributed by atoms with E-state index in [2.05, 4.69) is 0 Å². The summed E-state index contributed by atoms with van der Waals surface area (Å²) in [6, 6.07) is 5.41. The van der Waals surface area contributed by atoms with E-state index in [1.54, 1.807) is 6.07 Å². The Labute approximate surface area is 124 Å². The Hall–Kier alpha value is -0.855. The normalized spacial score (nSPS) is 22.3. The van der Waals surface area contributed by atoms with Crippen LogP contribution in [0.5, 0.6) is 0 Å². The fourth-order valence-electron chi connectivity index (χ4n) is 1.89. The molecule has 3 nitrogen and oxygen atoms in total. The summed E-state index contributed by atoms with van der Waals surface area (Å²) in [4.78, 5) is -0.310. The van der Waals surface area contributed by atoms with Crippen LogP contribution in [0.4, 0.5) is 13.2 Å². The van der Waals surface area contributed by atoms with E-state index in [-0.39, 0.29) is 4.90 Å². The molecule has 1 unspecified atom stereocenters. The lowest BCUT2D eigenvalue weighted by molar-refractivity contribution is -0.0384. The smallest absolute Gasteiger partial charge is 0.399 e. The molecule has 0 aliphatic carbocycles. The number of rotatable bonds is 2. The van der Waals surface area contributed by atoms with Gasteiger partial charge in [-0.2, -0.15) is 13.2 Å². The standard InChI is InChI=1S/C13H16BF3O3S/c1-11(2)12(3,4)20-14(19-11)9-6-5-7-10(8-9)21(18)13(15,16)17/h5-8H,1-4H3. The molecule has 0 aromatic heterocycles. The van der Waals surface area contributed by atoms with Gasteiger partial charge in [-0.3, -0.25) is 0 Å². The highest BCUT2D eigenvalue weighted by Gasteiger charge is 2.51. The first-order chi connectivity index (χ1) is 9.44. The van der Waals surface area contributed by atoms with Gasteiger partial charge in [0.1, 0.15) is 0 Å². The van der Waals surface area contributed by atoms with Crippen LogP contribution in [0.2, 0.25) is 0 Å². The molecule has 1 aliphatic rings. The molecule has 0 bridgehead atoms. The molecule has 0 spiro atoms. The molecule has 0 saturated carbocycles. The zero-order valence-corrected chi connectivity index (χ0v) is 13.0. The maximum Gasteiger partial charge on any atom is 0.494 e. The molecule has 0 N–H and O–H groups in total. The minimum absolute atomic E-state index is 0.310. The second-order valence-corrected chi connectivity index (χ2v) is 7.35. The van der Waals surface area contributed by atoms with E-state index in [0.717, 1.165) is 0 Å². The van der Waals surface area contributed by atoms with Gasteiger partial charge in [0, 0.05) is 4.90 Å². The second-order valence-electron chi connectivity index (χ2n) is 5.88. The largest absolute Gasteiger partial charge is 0.494 e. The molecule has 1 atom stereocenters. The zero-order valence-electron chi connectivity index (χ0n) is 12.2. The topological polar surface area (TPSA) is 35.5 Å². The molecule has 1 fully saturated rings. The Balaban J connectivity index is 2.30. The van der Waals surface area contributed by atoms with Gasteiger partial charge in [0.2, 0.25) is 0 Å². The zero-order chi connectivity index (χ0) is 16.1. The van der Waals surface area contributed by atoms with E-state index in [0.29, 0.717) is 5.46 Å².